The van der Waals surface area contributed by atoms with Crippen LogP contribution in [0, 0.1) is 0 Å². The van der Waals surface area contributed by atoms with Crippen molar-refractivity contribution in [3.8, 4) is 0 Å². The van der Waals surface area contributed by atoms with Gasteiger partial charge in [0.25, 0.3) is 0 Å². The number of amides is 1. The zero-order chi connectivity index (χ0) is 20.6. The van der Waals surface area contributed by atoms with Gasteiger partial charge in [0, 0.05) is 12.1 Å². The van der Waals surface area contributed by atoms with Crippen LogP contribution >= 0.6 is 0 Å². The molecule has 0 aromatic heterocycles. The van der Waals surface area contributed by atoms with Gasteiger partial charge in [-0.15, -0.1) is 0 Å². The molecule has 0 fully saturated rings. The number of sulfonamides is 1. The zero-order valence-corrected chi connectivity index (χ0v) is 16.7. The van der Waals surface area contributed by atoms with Crippen molar-refractivity contribution in [1.82, 2.24) is 4.72 Å². The molecule has 1 unspecified atom stereocenters. The molecule has 2 aromatic carbocycles. The van der Waals surface area contributed by atoms with E-state index in [1.807, 2.05) is 30.3 Å². The highest BCUT2D eigenvalue weighted by atomic mass is 32.2. The van der Waals surface area contributed by atoms with Gasteiger partial charge < -0.3 is 10.1 Å². The van der Waals surface area contributed by atoms with E-state index in [0.717, 1.165) is 5.56 Å². The minimum absolute atomic E-state index is 0.00985. The minimum Gasteiger partial charge on any atom is -0.465 e. The molecular formula is C20H24N2O5S. The number of ether oxygens (including phenoxy) is 1. The number of hydrogen-bond donors (Lipinski definition) is 2. The van der Waals surface area contributed by atoms with E-state index in [9.17, 15) is 18.0 Å². The van der Waals surface area contributed by atoms with Gasteiger partial charge in [0.2, 0.25) is 15.9 Å². The molecule has 1 atom stereocenters. The first kappa shape index (κ1) is 21.6. The van der Waals surface area contributed by atoms with Gasteiger partial charge in [-0.1, -0.05) is 37.3 Å². The Kier molecular flexibility index (Phi) is 7.71. The highest BCUT2D eigenvalue weighted by Crippen LogP contribution is 2.16. The van der Waals surface area contributed by atoms with Crippen molar-refractivity contribution in [2.75, 3.05) is 11.9 Å². The second kappa shape index (κ2) is 10.0. The average molecular weight is 404 g/mol. The number of carbonyl (C=O) groups is 2. The summed E-state index contributed by atoms with van der Waals surface area (Å²) in [7, 11) is -3.96. The van der Waals surface area contributed by atoms with Gasteiger partial charge >= 0.3 is 5.97 Å². The maximum atomic E-state index is 12.7. The summed E-state index contributed by atoms with van der Waals surface area (Å²) in [6, 6.07) is 13.8. The lowest BCUT2D eigenvalue weighted by Crippen LogP contribution is -2.43. The van der Waals surface area contributed by atoms with Gasteiger partial charge in [0.05, 0.1) is 11.5 Å². The molecule has 0 spiro atoms. The molecule has 8 heteroatoms. The van der Waals surface area contributed by atoms with Crippen LogP contribution in [0.5, 0.6) is 0 Å². The first-order valence-electron chi connectivity index (χ1n) is 8.98. The van der Waals surface area contributed by atoms with Crippen molar-refractivity contribution in [1.29, 1.82) is 0 Å². The van der Waals surface area contributed by atoms with Gasteiger partial charge in [0.15, 0.2) is 0 Å². The molecule has 0 aliphatic heterocycles. The molecule has 28 heavy (non-hydrogen) atoms. The first-order chi connectivity index (χ1) is 13.4. The lowest BCUT2D eigenvalue weighted by atomic mass is 10.1. The van der Waals surface area contributed by atoms with Crippen LogP contribution in [0.2, 0.25) is 0 Å². The standard InChI is InChI=1S/C20H24N2O5S/c1-3-19(23)21-16-10-12-17(13-11-16)28(25,26)22-18(20(24)27-4-2)14-15-8-6-5-7-9-15/h5-13,18,22H,3-4,14H2,1-2H3,(H,21,23). The van der Waals surface area contributed by atoms with Crippen molar-refractivity contribution in [2.24, 2.45) is 0 Å². The number of esters is 1. The lowest BCUT2D eigenvalue weighted by Gasteiger charge is -2.18. The van der Waals surface area contributed by atoms with Crippen molar-refractivity contribution in [3.63, 3.8) is 0 Å². The van der Waals surface area contributed by atoms with Crippen molar-refractivity contribution < 1.29 is 22.7 Å². The zero-order valence-electron chi connectivity index (χ0n) is 15.8. The summed E-state index contributed by atoms with van der Waals surface area (Å²) < 4.78 is 32.9. The number of nitrogens with one attached hydrogen (secondary N) is 2. The Bertz CT molecular complexity index is 896. The van der Waals surface area contributed by atoms with Crippen LogP contribution in [-0.2, 0) is 30.8 Å². The highest BCUT2D eigenvalue weighted by molar-refractivity contribution is 7.89. The molecule has 0 aliphatic rings. The smallest absolute Gasteiger partial charge is 0.324 e. The summed E-state index contributed by atoms with van der Waals surface area (Å²) in [4.78, 5) is 23.7. The number of carbonyl (C=O) groups excluding carboxylic acids is 2. The quantitative estimate of drug-likeness (QED) is 0.625. The third kappa shape index (κ3) is 6.17. The fourth-order valence-corrected chi connectivity index (χ4v) is 3.67. The van der Waals surface area contributed by atoms with Crippen LogP contribution in [0.1, 0.15) is 25.8 Å². The average Bonchev–Trinajstić information content (AvgIpc) is 2.68. The molecule has 1 amide bonds. The predicted molar refractivity (Wildman–Crippen MR) is 106 cm³/mol. The second-order valence-corrected chi connectivity index (χ2v) is 7.76. The molecule has 0 aliphatic carbocycles. The van der Waals surface area contributed by atoms with Gasteiger partial charge in [-0.05, 0) is 43.2 Å². The van der Waals surface area contributed by atoms with E-state index in [0.29, 0.717) is 12.1 Å². The van der Waals surface area contributed by atoms with Crippen LogP contribution in [0.15, 0.2) is 59.5 Å². The topological polar surface area (TPSA) is 102 Å². The number of benzene rings is 2. The molecule has 2 rings (SSSR count). The maximum absolute atomic E-state index is 12.7. The van der Waals surface area contributed by atoms with Crippen LogP contribution in [0.25, 0.3) is 0 Å². The number of hydrogen-bond acceptors (Lipinski definition) is 5. The van der Waals surface area contributed by atoms with Crippen molar-refractivity contribution >= 4 is 27.6 Å². The number of anilines is 1. The molecular weight excluding hydrogens is 380 g/mol. The molecule has 0 saturated heterocycles. The van der Waals surface area contributed by atoms with E-state index in [1.165, 1.54) is 24.3 Å². The van der Waals surface area contributed by atoms with Crippen LogP contribution in [-0.4, -0.2) is 32.9 Å². The van der Waals surface area contributed by atoms with E-state index in [2.05, 4.69) is 10.0 Å². The maximum Gasteiger partial charge on any atom is 0.324 e. The molecule has 0 saturated carbocycles. The second-order valence-electron chi connectivity index (χ2n) is 6.04. The summed E-state index contributed by atoms with van der Waals surface area (Å²) in [5.74, 6) is -0.805. The van der Waals surface area contributed by atoms with E-state index < -0.39 is 22.0 Å². The molecule has 2 aromatic rings. The molecule has 150 valence electrons. The first-order valence-corrected chi connectivity index (χ1v) is 10.5. The largest absolute Gasteiger partial charge is 0.465 e. The summed E-state index contributed by atoms with van der Waals surface area (Å²) in [6.07, 6.45) is 0.492. The van der Waals surface area contributed by atoms with Gasteiger partial charge in [0.1, 0.15) is 6.04 Å². The molecule has 2 N–H and O–H groups in total. The molecule has 0 radical (unpaired) electrons. The predicted octanol–water partition coefficient (Wildman–Crippen LogP) is 2.49. The van der Waals surface area contributed by atoms with E-state index >= 15 is 0 Å². The van der Waals surface area contributed by atoms with Gasteiger partial charge in [-0.2, -0.15) is 4.72 Å². The molecule has 0 bridgehead atoms. The highest BCUT2D eigenvalue weighted by Gasteiger charge is 2.27. The Morgan fingerprint density at radius 1 is 1.00 bits per heavy atom. The Morgan fingerprint density at radius 3 is 2.21 bits per heavy atom. The van der Waals surface area contributed by atoms with E-state index in [-0.39, 0.29) is 23.8 Å². The van der Waals surface area contributed by atoms with E-state index in [4.69, 9.17) is 4.74 Å². The van der Waals surface area contributed by atoms with Crippen LogP contribution in [0.3, 0.4) is 0 Å². The SMILES string of the molecule is CCOC(=O)C(Cc1ccccc1)NS(=O)(=O)c1ccc(NC(=O)CC)cc1. The van der Waals surface area contributed by atoms with Crippen LogP contribution < -0.4 is 10.0 Å². The van der Waals surface area contributed by atoms with Crippen molar-refractivity contribution in [3.05, 3.63) is 60.2 Å². The fourth-order valence-electron chi connectivity index (χ4n) is 2.49. The summed E-state index contributed by atoms with van der Waals surface area (Å²) in [5, 5.41) is 2.65. The Balaban J connectivity index is 2.19. The van der Waals surface area contributed by atoms with Gasteiger partial charge in [-0.3, -0.25) is 9.59 Å². The summed E-state index contributed by atoms with van der Waals surface area (Å²) in [6.45, 7) is 3.54. The molecule has 7 nitrogen and oxygen atoms in total. The fraction of sp³-hybridized carbons (Fsp3) is 0.300. The third-order valence-corrected chi connectivity index (χ3v) is 5.41. The Labute approximate surface area is 165 Å². The minimum atomic E-state index is -3.96. The van der Waals surface area contributed by atoms with Gasteiger partial charge in [-0.25, -0.2) is 8.42 Å². The van der Waals surface area contributed by atoms with Crippen molar-refractivity contribution in [2.45, 2.75) is 37.6 Å². The molecule has 0 heterocycles. The third-order valence-electron chi connectivity index (χ3n) is 3.92. The van der Waals surface area contributed by atoms with Crippen LogP contribution in [0.4, 0.5) is 5.69 Å². The van der Waals surface area contributed by atoms with E-state index in [1.54, 1.807) is 13.8 Å². The summed E-state index contributed by atoms with van der Waals surface area (Å²) >= 11 is 0. The lowest BCUT2D eigenvalue weighted by molar-refractivity contribution is -0.145. The normalized spacial score (nSPS) is 12.2. The summed E-state index contributed by atoms with van der Waals surface area (Å²) in [5.41, 5.74) is 1.30. The Morgan fingerprint density at radius 2 is 1.64 bits per heavy atom. The Hall–Kier alpha value is -2.71. The monoisotopic (exact) mass is 404 g/mol. The number of rotatable bonds is 9.